The Morgan fingerprint density at radius 2 is 2.14 bits per heavy atom. The average Bonchev–Trinajstić information content (AvgIpc) is 2.01. The van der Waals surface area contributed by atoms with E-state index in [1.54, 1.807) is 24.3 Å². The number of aliphatic hydroxyl groups is 1. The summed E-state index contributed by atoms with van der Waals surface area (Å²) in [6.45, 7) is 0. The van der Waals surface area contributed by atoms with Crippen LogP contribution < -0.4 is 5.14 Å². The van der Waals surface area contributed by atoms with Crippen LogP contribution in [-0.2, 0) is 10.0 Å². The fourth-order valence-corrected chi connectivity index (χ4v) is 2.08. The maximum Gasteiger partial charge on any atom is 0.211 e. The maximum atomic E-state index is 10.7. The van der Waals surface area contributed by atoms with Gasteiger partial charge in [-0.1, -0.05) is 28.1 Å². The third-order valence-corrected chi connectivity index (χ3v) is 2.90. The molecule has 1 unspecified atom stereocenters. The minimum Gasteiger partial charge on any atom is -0.387 e. The lowest BCUT2D eigenvalue weighted by Crippen LogP contribution is -2.21. The van der Waals surface area contributed by atoms with E-state index < -0.39 is 21.9 Å². The molecule has 0 aliphatic rings. The van der Waals surface area contributed by atoms with E-state index in [1.807, 2.05) is 0 Å². The molecule has 1 rings (SSSR count). The van der Waals surface area contributed by atoms with Crippen molar-refractivity contribution in [3.05, 3.63) is 34.3 Å². The zero-order chi connectivity index (χ0) is 10.8. The second kappa shape index (κ2) is 4.39. The molecule has 1 atom stereocenters. The number of primary sulfonamides is 1. The van der Waals surface area contributed by atoms with Crippen molar-refractivity contribution in [3.63, 3.8) is 0 Å². The highest BCUT2D eigenvalue weighted by atomic mass is 79.9. The summed E-state index contributed by atoms with van der Waals surface area (Å²) in [6.07, 6.45) is -1.08. The Labute approximate surface area is 90.9 Å². The van der Waals surface area contributed by atoms with E-state index in [9.17, 15) is 13.5 Å². The van der Waals surface area contributed by atoms with E-state index in [4.69, 9.17) is 5.14 Å². The molecule has 0 aromatic heterocycles. The molecule has 0 aliphatic heterocycles. The monoisotopic (exact) mass is 279 g/mol. The quantitative estimate of drug-likeness (QED) is 0.858. The summed E-state index contributed by atoms with van der Waals surface area (Å²) in [5, 5.41) is 14.3. The van der Waals surface area contributed by atoms with Gasteiger partial charge in [0.2, 0.25) is 10.0 Å². The van der Waals surface area contributed by atoms with Crippen LogP contribution in [0.1, 0.15) is 11.7 Å². The van der Waals surface area contributed by atoms with E-state index >= 15 is 0 Å². The predicted octanol–water partition coefficient (Wildman–Crippen LogP) is 0.771. The topological polar surface area (TPSA) is 80.4 Å². The fourth-order valence-electron chi connectivity index (χ4n) is 1.03. The van der Waals surface area contributed by atoms with Crippen LogP contribution in [0, 0.1) is 0 Å². The summed E-state index contributed by atoms with van der Waals surface area (Å²) in [7, 11) is -3.65. The molecule has 1 aromatic carbocycles. The van der Waals surface area contributed by atoms with Gasteiger partial charge in [-0.2, -0.15) is 0 Å². The van der Waals surface area contributed by atoms with Crippen LogP contribution in [0.25, 0.3) is 0 Å². The Balaban J connectivity index is 2.85. The van der Waals surface area contributed by atoms with E-state index in [2.05, 4.69) is 15.9 Å². The van der Waals surface area contributed by atoms with E-state index in [1.165, 1.54) is 0 Å². The van der Waals surface area contributed by atoms with Gasteiger partial charge < -0.3 is 5.11 Å². The van der Waals surface area contributed by atoms with Crippen molar-refractivity contribution in [1.29, 1.82) is 0 Å². The van der Waals surface area contributed by atoms with Gasteiger partial charge >= 0.3 is 0 Å². The third-order valence-electron chi connectivity index (χ3n) is 1.62. The highest BCUT2D eigenvalue weighted by Crippen LogP contribution is 2.18. The molecule has 0 bridgehead atoms. The SMILES string of the molecule is NS(=O)(=O)CC(O)c1cccc(Br)c1. The van der Waals surface area contributed by atoms with E-state index in [0.717, 1.165) is 4.47 Å². The Bertz CT molecular complexity index is 418. The molecule has 0 saturated carbocycles. The lowest BCUT2D eigenvalue weighted by atomic mass is 10.1. The summed E-state index contributed by atoms with van der Waals surface area (Å²) in [5.74, 6) is -0.469. The number of hydrogen-bond acceptors (Lipinski definition) is 3. The number of rotatable bonds is 3. The zero-order valence-electron chi connectivity index (χ0n) is 7.22. The number of hydrogen-bond donors (Lipinski definition) is 2. The molecule has 0 heterocycles. The number of aliphatic hydroxyl groups excluding tert-OH is 1. The van der Waals surface area contributed by atoms with E-state index in [0.29, 0.717) is 5.56 Å². The van der Waals surface area contributed by atoms with Crippen LogP contribution in [0.3, 0.4) is 0 Å². The lowest BCUT2D eigenvalue weighted by Gasteiger charge is -2.09. The van der Waals surface area contributed by atoms with Gasteiger partial charge in [-0.05, 0) is 17.7 Å². The van der Waals surface area contributed by atoms with Gasteiger partial charge in [0.05, 0.1) is 11.9 Å². The van der Waals surface area contributed by atoms with Gasteiger partial charge in [0, 0.05) is 4.47 Å². The smallest absolute Gasteiger partial charge is 0.211 e. The number of halogens is 1. The van der Waals surface area contributed by atoms with Crippen LogP contribution >= 0.6 is 15.9 Å². The summed E-state index contributed by atoms with van der Waals surface area (Å²) in [5.41, 5.74) is 0.522. The number of nitrogens with two attached hydrogens (primary N) is 1. The second-order valence-electron chi connectivity index (χ2n) is 2.90. The molecule has 6 heteroatoms. The average molecular weight is 280 g/mol. The van der Waals surface area contributed by atoms with E-state index in [-0.39, 0.29) is 0 Å². The Morgan fingerprint density at radius 3 is 2.64 bits per heavy atom. The lowest BCUT2D eigenvalue weighted by molar-refractivity contribution is 0.201. The minimum atomic E-state index is -3.65. The van der Waals surface area contributed by atoms with Gasteiger partial charge in [0.1, 0.15) is 0 Å². The predicted molar refractivity (Wildman–Crippen MR) is 57.1 cm³/mol. The molecule has 3 N–H and O–H groups in total. The van der Waals surface area contributed by atoms with Crippen LogP contribution in [0.5, 0.6) is 0 Å². The van der Waals surface area contributed by atoms with Gasteiger partial charge in [-0.3, -0.25) is 0 Å². The Morgan fingerprint density at radius 1 is 1.50 bits per heavy atom. The molecule has 0 amide bonds. The second-order valence-corrected chi connectivity index (χ2v) is 5.48. The molecule has 1 aromatic rings. The zero-order valence-corrected chi connectivity index (χ0v) is 9.62. The van der Waals surface area contributed by atoms with Gasteiger partial charge in [-0.25, -0.2) is 13.6 Å². The van der Waals surface area contributed by atoms with Gasteiger partial charge in [0.15, 0.2) is 0 Å². The molecule has 0 spiro atoms. The van der Waals surface area contributed by atoms with Gasteiger partial charge in [0.25, 0.3) is 0 Å². The van der Waals surface area contributed by atoms with Crippen molar-refractivity contribution >= 4 is 26.0 Å². The van der Waals surface area contributed by atoms with Crippen LogP contribution in [-0.4, -0.2) is 19.3 Å². The Kier molecular flexibility index (Phi) is 3.65. The largest absolute Gasteiger partial charge is 0.387 e. The fraction of sp³-hybridized carbons (Fsp3) is 0.250. The molecular weight excluding hydrogens is 270 g/mol. The first-order chi connectivity index (χ1) is 6.38. The maximum absolute atomic E-state index is 10.7. The minimum absolute atomic E-state index is 0.469. The molecule has 0 saturated heterocycles. The summed E-state index contributed by atoms with van der Waals surface area (Å²) >= 11 is 3.22. The first-order valence-electron chi connectivity index (χ1n) is 3.82. The molecule has 0 aliphatic carbocycles. The van der Waals surface area contributed by atoms with Crippen molar-refractivity contribution < 1.29 is 13.5 Å². The highest BCUT2D eigenvalue weighted by Gasteiger charge is 2.14. The van der Waals surface area contributed by atoms with Crippen LogP contribution in [0.4, 0.5) is 0 Å². The van der Waals surface area contributed by atoms with Crippen LogP contribution in [0.2, 0.25) is 0 Å². The molecular formula is C8H10BrNO3S. The van der Waals surface area contributed by atoms with Crippen LogP contribution in [0.15, 0.2) is 28.7 Å². The highest BCUT2D eigenvalue weighted by molar-refractivity contribution is 9.10. The summed E-state index contributed by atoms with van der Waals surface area (Å²) in [6, 6.07) is 6.79. The van der Waals surface area contributed by atoms with Crippen molar-refractivity contribution in [3.8, 4) is 0 Å². The number of benzene rings is 1. The first kappa shape index (κ1) is 11.6. The molecule has 14 heavy (non-hydrogen) atoms. The molecule has 0 radical (unpaired) electrons. The molecule has 0 fully saturated rings. The third kappa shape index (κ3) is 3.75. The standard InChI is InChI=1S/C8H10BrNO3S/c9-7-3-1-2-6(4-7)8(11)5-14(10,12)13/h1-4,8,11H,5H2,(H2,10,12,13). The molecule has 4 nitrogen and oxygen atoms in total. The molecule has 78 valence electrons. The number of sulfonamides is 1. The van der Waals surface area contributed by atoms with Crippen molar-refractivity contribution in [1.82, 2.24) is 0 Å². The normalized spacial score (nSPS) is 13.9. The first-order valence-corrected chi connectivity index (χ1v) is 6.33. The summed E-state index contributed by atoms with van der Waals surface area (Å²) < 4.78 is 22.2. The Hall–Kier alpha value is -0.430. The van der Waals surface area contributed by atoms with Crippen molar-refractivity contribution in [2.45, 2.75) is 6.10 Å². The van der Waals surface area contributed by atoms with Crippen molar-refractivity contribution in [2.75, 3.05) is 5.75 Å². The summed E-state index contributed by atoms with van der Waals surface area (Å²) in [4.78, 5) is 0. The van der Waals surface area contributed by atoms with Crippen molar-refractivity contribution in [2.24, 2.45) is 5.14 Å². The van der Waals surface area contributed by atoms with Gasteiger partial charge in [-0.15, -0.1) is 0 Å².